The summed E-state index contributed by atoms with van der Waals surface area (Å²) in [6.45, 7) is 1.88. The lowest BCUT2D eigenvalue weighted by atomic mass is 10.1. The number of carbonyl (C=O) groups excluding carboxylic acids is 1. The largest absolute Gasteiger partial charge is 0.331 e. The molecule has 3 rings (SSSR count). The SMILES string of the molecule is CC(NC(=O)Nc1cc2[nH]nc(NS(C)(=O)=O)c2cn1)c1ccccc1. The first-order chi connectivity index (χ1) is 12.3. The number of nitrogens with zero attached hydrogens (tertiary/aromatic N) is 2. The highest BCUT2D eigenvalue weighted by molar-refractivity contribution is 7.92. The smallest absolute Gasteiger partial charge is 0.320 e. The number of hydrogen-bond acceptors (Lipinski definition) is 5. The second-order valence-electron chi connectivity index (χ2n) is 5.79. The lowest BCUT2D eigenvalue weighted by Crippen LogP contribution is -2.31. The number of urea groups is 1. The number of aromatic nitrogens is 3. The third-order valence-electron chi connectivity index (χ3n) is 3.62. The zero-order valence-corrected chi connectivity index (χ0v) is 15.0. The minimum atomic E-state index is -3.45. The fraction of sp³-hybridized carbons (Fsp3) is 0.188. The molecule has 2 amide bonds. The van der Waals surface area contributed by atoms with Gasteiger partial charge in [0.05, 0.1) is 23.2 Å². The van der Waals surface area contributed by atoms with Gasteiger partial charge < -0.3 is 5.32 Å². The first-order valence-corrected chi connectivity index (χ1v) is 9.65. The van der Waals surface area contributed by atoms with Gasteiger partial charge in [0.2, 0.25) is 10.0 Å². The second kappa shape index (κ2) is 7.00. The molecule has 2 aromatic heterocycles. The number of rotatable bonds is 5. The minimum Gasteiger partial charge on any atom is -0.331 e. The molecule has 3 aromatic rings. The Morgan fingerprint density at radius 1 is 1.23 bits per heavy atom. The third-order valence-corrected chi connectivity index (χ3v) is 4.18. The molecule has 1 atom stereocenters. The van der Waals surface area contributed by atoms with Crippen molar-refractivity contribution in [3.8, 4) is 0 Å². The maximum atomic E-state index is 12.1. The van der Waals surface area contributed by atoms with Crippen LogP contribution in [0.3, 0.4) is 0 Å². The standard InChI is InChI=1S/C16H18N6O3S/c1-10(11-6-4-3-5-7-11)18-16(23)19-14-8-13-12(9-17-14)15(21-20-13)22-26(2,24)25/h3-10H,1-2H3,(H2,20,21,22)(H2,17,18,19,23). The van der Waals surface area contributed by atoms with E-state index >= 15 is 0 Å². The van der Waals surface area contributed by atoms with Crippen LogP contribution in [0.5, 0.6) is 0 Å². The minimum absolute atomic E-state index is 0.156. The van der Waals surface area contributed by atoms with E-state index in [1.165, 1.54) is 6.20 Å². The van der Waals surface area contributed by atoms with Crippen LogP contribution in [-0.2, 0) is 10.0 Å². The van der Waals surface area contributed by atoms with Crippen LogP contribution >= 0.6 is 0 Å². The molecule has 136 valence electrons. The van der Waals surface area contributed by atoms with Crippen molar-refractivity contribution in [1.29, 1.82) is 0 Å². The number of carbonyl (C=O) groups is 1. The molecule has 0 aliphatic rings. The summed E-state index contributed by atoms with van der Waals surface area (Å²) in [6, 6.07) is 10.6. The molecule has 0 spiro atoms. The summed E-state index contributed by atoms with van der Waals surface area (Å²) >= 11 is 0. The maximum Gasteiger partial charge on any atom is 0.320 e. The van der Waals surface area contributed by atoms with E-state index in [9.17, 15) is 13.2 Å². The first kappa shape index (κ1) is 17.7. The summed E-state index contributed by atoms with van der Waals surface area (Å²) in [4.78, 5) is 16.3. The van der Waals surface area contributed by atoms with E-state index in [-0.39, 0.29) is 11.9 Å². The molecule has 0 bridgehead atoms. The van der Waals surface area contributed by atoms with E-state index in [1.54, 1.807) is 6.07 Å². The van der Waals surface area contributed by atoms with Crippen molar-refractivity contribution in [3.05, 3.63) is 48.2 Å². The van der Waals surface area contributed by atoms with Crippen LogP contribution < -0.4 is 15.4 Å². The fourth-order valence-corrected chi connectivity index (χ4v) is 2.92. The van der Waals surface area contributed by atoms with Crippen molar-refractivity contribution in [2.24, 2.45) is 0 Å². The Balaban J connectivity index is 1.70. The topological polar surface area (TPSA) is 129 Å². The van der Waals surface area contributed by atoms with Gasteiger partial charge in [-0.2, -0.15) is 5.10 Å². The summed E-state index contributed by atoms with van der Waals surface area (Å²) in [6.07, 6.45) is 2.47. The van der Waals surface area contributed by atoms with Crippen molar-refractivity contribution in [2.75, 3.05) is 16.3 Å². The summed E-state index contributed by atoms with van der Waals surface area (Å²) in [5.74, 6) is 0.466. The van der Waals surface area contributed by atoms with Crippen molar-refractivity contribution in [1.82, 2.24) is 20.5 Å². The highest BCUT2D eigenvalue weighted by Gasteiger charge is 2.13. The number of pyridine rings is 1. The van der Waals surface area contributed by atoms with Gasteiger partial charge in [-0.25, -0.2) is 18.2 Å². The fourth-order valence-electron chi connectivity index (χ4n) is 2.41. The first-order valence-electron chi connectivity index (χ1n) is 7.76. The number of hydrogen-bond donors (Lipinski definition) is 4. The maximum absolute atomic E-state index is 12.1. The Bertz CT molecular complexity index is 1030. The van der Waals surface area contributed by atoms with Crippen LogP contribution in [-0.4, -0.2) is 35.9 Å². The van der Waals surface area contributed by atoms with Crippen LogP contribution in [0.15, 0.2) is 42.6 Å². The van der Waals surface area contributed by atoms with Gasteiger partial charge in [-0.05, 0) is 12.5 Å². The van der Waals surface area contributed by atoms with E-state index in [2.05, 4.69) is 30.5 Å². The van der Waals surface area contributed by atoms with E-state index in [0.29, 0.717) is 16.7 Å². The number of amides is 2. The van der Waals surface area contributed by atoms with E-state index in [0.717, 1.165) is 11.8 Å². The number of fused-ring (bicyclic) bond motifs is 1. The van der Waals surface area contributed by atoms with Crippen molar-refractivity contribution < 1.29 is 13.2 Å². The van der Waals surface area contributed by atoms with Gasteiger partial charge in [-0.3, -0.25) is 15.1 Å². The van der Waals surface area contributed by atoms with Crippen LogP contribution in [0.4, 0.5) is 16.4 Å². The molecular formula is C16H18N6O3S. The Hall–Kier alpha value is -3.14. The second-order valence-corrected chi connectivity index (χ2v) is 7.54. The lowest BCUT2D eigenvalue weighted by Gasteiger charge is -2.14. The van der Waals surface area contributed by atoms with Gasteiger partial charge in [0.25, 0.3) is 0 Å². The van der Waals surface area contributed by atoms with Gasteiger partial charge in [-0.15, -0.1) is 0 Å². The molecule has 2 heterocycles. The highest BCUT2D eigenvalue weighted by atomic mass is 32.2. The van der Waals surface area contributed by atoms with Gasteiger partial charge in [0.15, 0.2) is 5.82 Å². The van der Waals surface area contributed by atoms with E-state index < -0.39 is 16.1 Å². The predicted molar refractivity (Wildman–Crippen MR) is 99.4 cm³/mol. The number of nitrogens with one attached hydrogen (secondary N) is 4. The Kier molecular flexibility index (Phi) is 4.76. The summed E-state index contributed by atoms with van der Waals surface area (Å²) in [5, 5.41) is 12.6. The zero-order valence-electron chi connectivity index (χ0n) is 14.1. The summed E-state index contributed by atoms with van der Waals surface area (Å²) in [7, 11) is -3.45. The molecule has 0 aliphatic carbocycles. The van der Waals surface area contributed by atoms with Gasteiger partial charge in [-0.1, -0.05) is 30.3 Å². The van der Waals surface area contributed by atoms with Crippen LogP contribution in [0.2, 0.25) is 0 Å². The Morgan fingerprint density at radius 3 is 2.65 bits per heavy atom. The number of H-pyrrole nitrogens is 1. The molecule has 10 heteroatoms. The summed E-state index contributed by atoms with van der Waals surface area (Å²) in [5.41, 5.74) is 1.52. The molecule has 0 fully saturated rings. The molecule has 0 saturated heterocycles. The molecule has 0 radical (unpaired) electrons. The number of aromatic amines is 1. The molecule has 1 aromatic carbocycles. The molecular weight excluding hydrogens is 356 g/mol. The van der Waals surface area contributed by atoms with Gasteiger partial charge in [0, 0.05) is 12.3 Å². The average molecular weight is 374 g/mol. The van der Waals surface area contributed by atoms with E-state index in [1.807, 2.05) is 37.3 Å². The van der Waals surface area contributed by atoms with Crippen LogP contribution in [0.1, 0.15) is 18.5 Å². The van der Waals surface area contributed by atoms with Gasteiger partial charge >= 0.3 is 6.03 Å². The zero-order chi connectivity index (χ0) is 18.7. The van der Waals surface area contributed by atoms with Crippen molar-refractivity contribution in [2.45, 2.75) is 13.0 Å². The molecule has 9 nitrogen and oxygen atoms in total. The average Bonchev–Trinajstić information content (AvgIpc) is 2.96. The Morgan fingerprint density at radius 2 is 1.96 bits per heavy atom. The Labute approximate surface area is 150 Å². The van der Waals surface area contributed by atoms with E-state index in [4.69, 9.17) is 0 Å². The summed E-state index contributed by atoms with van der Waals surface area (Å²) < 4.78 is 24.9. The normalized spacial score (nSPS) is 12.5. The van der Waals surface area contributed by atoms with Crippen molar-refractivity contribution >= 4 is 38.6 Å². The molecule has 0 saturated carbocycles. The molecule has 26 heavy (non-hydrogen) atoms. The molecule has 0 aliphatic heterocycles. The van der Waals surface area contributed by atoms with Crippen LogP contribution in [0.25, 0.3) is 10.9 Å². The molecule has 4 N–H and O–H groups in total. The predicted octanol–water partition coefficient (Wildman–Crippen LogP) is 2.21. The van der Waals surface area contributed by atoms with Crippen LogP contribution in [0, 0.1) is 0 Å². The number of benzene rings is 1. The van der Waals surface area contributed by atoms with Gasteiger partial charge in [0.1, 0.15) is 5.82 Å². The lowest BCUT2D eigenvalue weighted by molar-refractivity contribution is 0.249. The van der Waals surface area contributed by atoms with Crippen molar-refractivity contribution in [3.63, 3.8) is 0 Å². The monoisotopic (exact) mass is 374 g/mol. The third kappa shape index (κ3) is 4.28. The molecule has 1 unspecified atom stereocenters. The quantitative estimate of drug-likeness (QED) is 0.544. The number of sulfonamides is 1. The number of anilines is 2. The highest BCUT2D eigenvalue weighted by Crippen LogP contribution is 2.22.